The summed E-state index contributed by atoms with van der Waals surface area (Å²) in [6.45, 7) is 0. The maximum atomic E-state index is 11.2. The first kappa shape index (κ1) is 13.3. The first-order valence-corrected chi connectivity index (χ1v) is 5.50. The molecule has 2 heterocycles. The van der Waals surface area contributed by atoms with Crippen LogP contribution >= 0.6 is 11.6 Å². The highest BCUT2D eigenvalue weighted by molar-refractivity contribution is 6.31. The largest absolute Gasteiger partial charge is 0.479 e. The summed E-state index contributed by atoms with van der Waals surface area (Å²) in [5, 5.41) is 18.3. The van der Waals surface area contributed by atoms with Crippen LogP contribution in [-0.4, -0.2) is 38.6 Å². The number of fused-ring (bicyclic) bond motifs is 1. The van der Waals surface area contributed by atoms with Gasteiger partial charge in [0.05, 0.1) is 16.9 Å². The molecule has 0 radical (unpaired) electrons. The maximum absolute atomic E-state index is 11.2. The molecule has 0 fully saturated rings. The van der Waals surface area contributed by atoms with Crippen LogP contribution in [0.5, 0.6) is 0 Å². The van der Waals surface area contributed by atoms with Gasteiger partial charge in [-0.2, -0.15) is 0 Å². The number of nitrogens with zero attached hydrogens (tertiary/aromatic N) is 2. The fourth-order valence-electron chi connectivity index (χ4n) is 1.80. The highest BCUT2D eigenvalue weighted by Gasteiger charge is 2.27. The number of rotatable bonds is 4. The van der Waals surface area contributed by atoms with Gasteiger partial charge in [-0.3, -0.25) is 4.40 Å². The highest BCUT2D eigenvalue weighted by atomic mass is 35.5. The summed E-state index contributed by atoms with van der Waals surface area (Å²) in [5.41, 5.74) is 0.111. The lowest BCUT2D eigenvalue weighted by molar-refractivity contribution is -0.149. The zero-order valence-electron chi connectivity index (χ0n) is 9.70. The Hall–Kier alpha value is -2.12. The number of imidazole rings is 1. The van der Waals surface area contributed by atoms with Gasteiger partial charge < -0.3 is 14.9 Å². The Morgan fingerprint density at radius 2 is 2.11 bits per heavy atom. The minimum absolute atomic E-state index is 0.0177. The van der Waals surface area contributed by atoms with Crippen LogP contribution in [-0.2, 0) is 9.53 Å². The maximum Gasteiger partial charge on any atom is 0.354 e. The van der Waals surface area contributed by atoms with Crippen LogP contribution in [0.1, 0.15) is 22.3 Å². The van der Waals surface area contributed by atoms with Crippen molar-refractivity contribution in [2.75, 3.05) is 7.11 Å². The minimum atomic E-state index is -1.39. The molecule has 2 N–H and O–H groups in total. The van der Waals surface area contributed by atoms with Gasteiger partial charge in [0.2, 0.25) is 0 Å². The van der Waals surface area contributed by atoms with E-state index in [0.29, 0.717) is 0 Å². The average molecular weight is 285 g/mol. The van der Waals surface area contributed by atoms with Crippen LogP contribution < -0.4 is 0 Å². The van der Waals surface area contributed by atoms with Gasteiger partial charge in [0.15, 0.2) is 11.8 Å². The van der Waals surface area contributed by atoms with Gasteiger partial charge in [-0.15, -0.1) is 0 Å². The lowest BCUT2D eigenvalue weighted by Crippen LogP contribution is -2.19. The van der Waals surface area contributed by atoms with E-state index in [4.69, 9.17) is 26.6 Å². The Balaban J connectivity index is 2.83. The molecule has 0 aliphatic heterocycles. The summed E-state index contributed by atoms with van der Waals surface area (Å²) in [6, 6.07) is 2.94. The van der Waals surface area contributed by atoms with E-state index in [0.717, 1.165) is 10.6 Å². The molecular weight excluding hydrogens is 276 g/mol. The molecule has 0 aromatic carbocycles. The fourth-order valence-corrected chi connectivity index (χ4v) is 2.05. The fraction of sp³-hybridized carbons (Fsp3) is 0.182. The predicted molar refractivity (Wildman–Crippen MR) is 64.5 cm³/mol. The molecular formula is C11H9ClN2O5. The van der Waals surface area contributed by atoms with Crippen LogP contribution in [0.4, 0.5) is 0 Å². The second-order valence-corrected chi connectivity index (χ2v) is 4.07. The summed E-state index contributed by atoms with van der Waals surface area (Å²) in [6.07, 6.45) is -0.255. The third kappa shape index (κ3) is 2.13. The zero-order valence-corrected chi connectivity index (χ0v) is 10.5. The average Bonchev–Trinajstić information content (AvgIpc) is 2.76. The number of ether oxygens (including phenoxy) is 1. The van der Waals surface area contributed by atoms with Crippen molar-refractivity contribution < 1.29 is 24.5 Å². The smallest absolute Gasteiger partial charge is 0.354 e. The molecule has 0 saturated heterocycles. The number of carboxylic acid groups (broad SMARTS) is 2. The summed E-state index contributed by atoms with van der Waals surface area (Å²) >= 11 is 5.97. The number of aromatic carboxylic acids is 1. The molecule has 7 nitrogen and oxygen atoms in total. The first-order valence-electron chi connectivity index (χ1n) is 5.12. The minimum Gasteiger partial charge on any atom is -0.479 e. The van der Waals surface area contributed by atoms with E-state index in [1.165, 1.54) is 19.2 Å². The van der Waals surface area contributed by atoms with Gasteiger partial charge in [0.25, 0.3) is 0 Å². The van der Waals surface area contributed by atoms with Crippen molar-refractivity contribution in [3.8, 4) is 0 Å². The summed E-state index contributed by atoms with van der Waals surface area (Å²) in [5.74, 6) is -2.52. The Kier molecular flexibility index (Phi) is 3.41. The van der Waals surface area contributed by atoms with Crippen molar-refractivity contribution in [1.29, 1.82) is 0 Å². The molecule has 0 aliphatic carbocycles. The van der Waals surface area contributed by atoms with Gasteiger partial charge >= 0.3 is 11.9 Å². The standard InChI is InChI=1S/C11H9ClN2O5/c1-19-9(11(17)18)8-5(12)2-3-7-13-4-6(10(15)16)14(7)8/h2-4,9H,1H3,(H,15,16)(H,17,18). The third-order valence-electron chi connectivity index (χ3n) is 2.58. The molecule has 1 atom stereocenters. The number of carbonyl (C=O) groups is 2. The van der Waals surface area contributed by atoms with Crippen molar-refractivity contribution in [3.63, 3.8) is 0 Å². The van der Waals surface area contributed by atoms with Crippen LogP contribution in [0.25, 0.3) is 5.65 Å². The molecule has 2 rings (SSSR count). The Bertz CT molecular complexity index is 666. The first-order chi connectivity index (χ1) is 8.97. The molecule has 0 aliphatic rings. The monoisotopic (exact) mass is 284 g/mol. The molecule has 2 aromatic rings. The second kappa shape index (κ2) is 4.87. The normalized spacial score (nSPS) is 12.5. The van der Waals surface area contributed by atoms with Crippen molar-refractivity contribution in [1.82, 2.24) is 9.38 Å². The molecule has 0 bridgehead atoms. The molecule has 0 amide bonds. The van der Waals surface area contributed by atoms with Gasteiger partial charge in [0.1, 0.15) is 5.65 Å². The number of aliphatic carboxylic acids is 1. The van der Waals surface area contributed by atoms with Gasteiger partial charge in [-0.1, -0.05) is 11.6 Å². The quantitative estimate of drug-likeness (QED) is 0.881. The second-order valence-electron chi connectivity index (χ2n) is 3.66. The number of pyridine rings is 1. The molecule has 100 valence electrons. The molecule has 0 spiro atoms. The predicted octanol–water partition coefficient (Wildman–Crippen LogP) is 1.46. The lowest BCUT2D eigenvalue weighted by atomic mass is 10.2. The Morgan fingerprint density at radius 1 is 1.42 bits per heavy atom. The molecule has 2 aromatic heterocycles. The van der Waals surface area contributed by atoms with E-state index in [9.17, 15) is 9.59 Å². The number of halogens is 1. The van der Waals surface area contributed by atoms with E-state index in [1.807, 2.05) is 0 Å². The van der Waals surface area contributed by atoms with E-state index in [2.05, 4.69) is 4.98 Å². The molecule has 1 unspecified atom stereocenters. The van der Waals surface area contributed by atoms with Crippen molar-refractivity contribution in [2.45, 2.75) is 6.10 Å². The SMILES string of the molecule is COC(C(=O)O)c1c(Cl)ccc2ncc(C(=O)O)n12. The van der Waals surface area contributed by atoms with Crippen molar-refractivity contribution >= 4 is 29.2 Å². The van der Waals surface area contributed by atoms with E-state index >= 15 is 0 Å². The summed E-state index contributed by atoms with van der Waals surface area (Å²) < 4.78 is 6.03. The number of hydrogen-bond acceptors (Lipinski definition) is 4. The lowest BCUT2D eigenvalue weighted by Gasteiger charge is -2.15. The van der Waals surface area contributed by atoms with Gasteiger partial charge in [0, 0.05) is 7.11 Å². The van der Waals surface area contributed by atoms with Crippen LogP contribution in [0, 0.1) is 0 Å². The van der Waals surface area contributed by atoms with Crippen molar-refractivity contribution in [3.05, 3.63) is 34.7 Å². The van der Waals surface area contributed by atoms with Gasteiger partial charge in [-0.25, -0.2) is 14.6 Å². The highest BCUT2D eigenvalue weighted by Crippen LogP contribution is 2.28. The number of carboxylic acids is 2. The van der Waals surface area contributed by atoms with Crippen molar-refractivity contribution in [2.24, 2.45) is 0 Å². The number of aromatic nitrogens is 2. The number of methoxy groups -OCH3 is 1. The van der Waals surface area contributed by atoms with Gasteiger partial charge in [-0.05, 0) is 12.1 Å². The Labute approximate surface area is 112 Å². The van der Waals surface area contributed by atoms with Crippen LogP contribution in [0.3, 0.4) is 0 Å². The van der Waals surface area contributed by atoms with Crippen LogP contribution in [0.15, 0.2) is 18.3 Å². The Morgan fingerprint density at radius 3 is 2.63 bits per heavy atom. The summed E-state index contributed by atoms with van der Waals surface area (Å²) in [4.78, 5) is 26.2. The molecule has 19 heavy (non-hydrogen) atoms. The zero-order chi connectivity index (χ0) is 14.2. The number of hydrogen-bond donors (Lipinski definition) is 2. The van der Waals surface area contributed by atoms with Crippen LogP contribution in [0.2, 0.25) is 5.02 Å². The molecule has 8 heteroatoms. The third-order valence-corrected chi connectivity index (χ3v) is 2.90. The van der Waals surface area contributed by atoms with E-state index in [-0.39, 0.29) is 22.1 Å². The van der Waals surface area contributed by atoms with E-state index in [1.54, 1.807) is 0 Å². The van der Waals surface area contributed by atoms with E-state index < -0.39 is 18.0 Å². The summed E-state index contributed by atoms with van der Waals surface area (Å²) in [7, 11) is 1.20. The molecule has 0 saturated carbocycles. The topological polar surface area (TPSA) is 101 Å².